The van der Waals surface area contributed by atoms with Gasteiger partial charge in [0.2, 0.25) is 5.91 Å². The number of amides is 1. The third kappa shape index (κ3) is 3.50. The predicted octanol–water partition coefficient (Wildman–Crippen LogP) is 2.02. The number of likely N-dealkylation sites (N-methyl/N-ethyl adjacent to an activating group) is 1. The Kier molecular flexibility index (Phi) is 4.44. The zero-order chi connectivity index (χ0) is 13.7. The summed E-state index contributed by atoms with van der Waals surface area (Å²) in [5.74, 6) is -0.0894. The van der Waals surface area contributed by atoms with E-state index in [4.69, 9.17) is 5.73 Å². The normalized spacial score (nSPS) is 15.1. The van der Waals surface area contributed by atoms with Crippen LogP contribution in [0.15, 0.2) is 24.3 Å². The van der Waals surface area contributed by atoms with Crippen LogP contribution in [-0.2, 0) is 4.79 Å². The van der Waals surface area contributed by atoms with Crippen molar-refractivity contribution in [1.82, 2.24) is 5.32 Å². The lowest BCUT2D eigenvalue weighted by molar-refractivity contribution is -0.116. The van der Waals surface area contributed by atoms with Crippen LogP contribution in [0.5, 0.6) is 0 Å². The molecule has 0 saturated carbocycles. The van der Waals surface area contributed by atoms with Crippen LogP contribution < -0.4 is 16.0 Å². The van der Waals surface area contributed by atoms with Crippen molar-refractivity contribution >= 4 is 23.4 Å². The molecule has 19 heavy (non-hydrogen) atoms. The van der Waals surface area contributed by atoms with E-state index in [1.807, 2.05) is 19.1 Å². The largest absolute Gasteiger partial charge is 0.398 e. The molecule has 1 aliphatic rings. The first-order valence-electron chi connectivity index (χ1n) is 6.81. The Balaban J connectivity index is 2.14. The lowest BCUT2D eigenvalue weighted by Crippen LogP contribution is -2.19. The average molecular weight is 259 g/mol. The van der Waals surface area contributed by atoms with Gasteiger partial charge in [0.25, 0.3) is 0 Å². The van der Waals surface area contributed by atoms with Crippen molar-refractivity contribution in [3.8, 4) is 0 Å². The summed E-state index contributed by atoms with van der Waals surface area (Å²) in [5.41, 5.74) is 8.73. The number of hydrogen-bond acceptors (Lipinski definition) is 3. The molecule has 1 aromatic rings. The minimum absolute atomic E-state index is 0.0894. The van der Waals surface area contributed by atoms with Gasteiger partial charge in [0.05, 0.1) is 0 Å². The molecule has 0 atom stereocenters. The summed E-state index contributed by atoms with van der Waals surface area (Å²) in [7, 11) is 0. The van der Waals surface area contributed by atoms with Crippen LogP contribution in [0.25, 0.3) is 6.08 Å². The monoisotopic (exact) mass is 259 g/mol. The first-order chi connectivity index (χ1) is 9.20. The van der Waals surface area contributed by atoms with E-state index in [9.17, 15) is 4.79 Å². The molecule has 0 aromatic heterocycles. The highest BCUT2D eigenvalue weighted by Gasteiger charge is 2.12. The summed E-state index contributed by atoms with van der Waals surface area (Å²) in [6.07, 6.45) is 5.80. The van der Waals surface area contributed by atoms with Gasteiger partial charge in [0.15, 0.2) is 0 Å². The molecule has 1 heterocycles. The molecule has 4 nitrogen and oxygen atoms in total. The van der Waals surface area contributed by atoms with Crippen LogP contribution in [0.4, 0.5) is 11.4 Å². The fourth-order valence-electron chi connectivity index (χ4n) is 2.28. The average Bonchev–Trinajstić information content (AvgIpc) is 2.92. The number of carbonyl (C=O) groups excluding carboxylic acids is 1. The smallest absolute Gasteiger partial charge is 0.243 e. The number of anilines is 2. The van der Waals surface area contributed by atoms with Crippen LogP contribution >= 0.6 is 0 Å². The molecule has 1 aliphatic heterocycles. The zero-order valence-electron chi connectivity index (χ0n) is 11.4. The van der Waals surface area contributed by atoms with Gasteiger partial charge in [0.1, 0.15) is 0 Å². The molecule has 0 unspecified atom stereocenters. The van der Waals surface area contributed by atoms with Crippen LogP contribution in [0.3, 0.4) is 0 Å². The summed E-state index contributed by atoms with van der Waals surface area (Å²) in [5, 5.41) is 2.73. The van der Waals surface area contributed by atoms with Crippen molar-refractivity contribution in [2.24, 2.45) is 0 Å². The number of benzene rings is 1. The summed E-state index contributed by atoms with van der Waals surface area (Å²) in [6.45, 7) is 4.73. The predicted molar refractivity (Wildman–Crippen MR) is 80.0 cm³/mol. The van der Waals surface area contributed by atoms with Crippen LogP contribution in [-0.4, -0.2) is 25.5 Å². The number of carbonyl (C=O) groups is 1. The van der Waals surface area contributed by atoms with Crippen molar-refractivity contribution < 1.29 is 4.79 Å². The number of nitrogen functional groups attached to an aromatic ring is 1. The number of nitrogens with two attached hydrogens (primary N) is 1. The Labute approximate surface area is 114 Å². The highest BCUT2D eigenvalue weighted by molar-refractivity contribution is 5.92. The Morgan fingerprint density at radius 1 is 1.42 bits per heavy atom. The zero-order valence-corrected chi connectivity index (χ0v) is 11.4. The van der Waals surface area contributed by atoms with Gasteiger partial charge in [-0.3, -0.25) is 4.79 Å². The molecular weight excluding hydrogens is 238 g/mol. The Morgan fingerprint density at radius 3 is 2.84 bits per heavy atom. The summed E-state index contributed by atoms with van der Waals surface area (Å²) in [4.78, 5) is 13.8. The maximum atomic E-state index is 11.4. The molecule has 0 radical (unpaired) electrons. The van der Waals surface area contributed by atoms with E-state index < -0.39 is 0 Å². The van der Waals surface area contributed by atoms with Gasteiger partial charge in [-0.25, -0.2) is 0 Å². The second kappa shape index (κ2) is 6.27. The Hall–Kier alpha value is -1.97. The van der Waals surface area contributed by atoms with Crippen molar-refractivity contribution in [2.45, 2.75) is 19.8 Å². The molecule has 0 spiro atoms. The van der Waals surface area contributed by atoms with Crippen LogP contribution in [0.2, 0.25) is 0 Å². The van der Waals surface area contributed by atoms with E-state index in [-0.39, 0.29) is 5.91 Å². The minimum Gasteiger partial charge on any atom is -0.398 e. The van der Waals surface area contributed by atoms with Gasteiger partial charge in [0, 0.05) is 37.1 Å². The fourth-order valence-corrected chi connectivity index (χ4v) is 2.28. The summed E-state index contributed by atoms with van der Waals surface area (Å²) in [6, 6.07) is 6.01. The van der Waals surface area contributed by atoms with E-state index in [1.165, 1.54) is 24.6 Å². The first kappa shape index (κ1) is 13.5. The van der Waals surface area contributed by atoms with E-state index in [0.717, 1.165) is 18.7 Å². The number of nitrogens with zero attached hydrogens (tertiary/aromatic N) is 1. The van der Waals surface area contributed by atoms with Crippen molar-refractivity contribution in [1.29, 1.82) is 0 Å². The van der Waals surface area contributed by atoms with E-state index >= 15 is 0 Å². The second-order valence-electron chi connectivity index (χ2n) is 4.74. The van der Waals surface area contributed by atoms with Crippen molar-refractivity contribution in [3.05, 3.63) is 29.8 Å². The molecule has 4 heteroatoms. The molecule has 102 valence electrons. The van der Waals surface area contributed by atoms with Gasteiger partial charge in [-0.1, -0.05) is 0 Å². The molecule has 3 N–H and O–H groups in total. The van der Waals surface area contributed by atoms with E-state index in [0.29, 0.717) is 12.2 Å². The minimum atomic E-state index is -0.0894. The summed E-state index contributed by atoms with van der Waals surface area (Å²) >= 11 is 0. The topological polar surface area (TPSA) is 58.4 Å². The standard InChI is InChI=1S/C15H21N3O/c1-2-17-15(19)8-5-12-11-13(6-7-14(12)16)18-9-3-4-10-18/h5-8,11H,2-4,9-10,16H2,1H3,(H,17,19)/b8-5+. The molecule has 1 fully saturated rings. The lowest BCUT2D eigenvalue weighted by Gasteiger charge is -2.18. The number of rotatable bonds is 4. The second-order valence-corrected chi connectivity index (χ2v) is 4.74. The molecular formula is C15H21N3O. The van der Waals surface area contributed by atoms with Crippen molar-refractivity contribution in [2.75, 3.05) is 30.3 Å². The first-order valence-corrected chi connectivity index (χ1v) is 6.81. The van der Waals surface area contributed by atoms with Gasteiger partial charge in [-0.15, -0.1) is 0 Å². The Morgan fingerprint density at radius 2 is 2.16 bits per heavy atom. The lowest BCUT2D eigenvalue weighted by atomic mass is 10.1. The van der Waals surface area contributed by atoms with Crippen molar-refractivity contribution in [3.63, 3.8) is 0 Å². The SMILES string of the molecule is CCNC(=O)/C=C/c1cc(N2CCCC2)ccc1N. The van der Waals surface area contributed by atoms with Crippen LogP contribution in [0, 0.1) is 0 Å². The molecule has 1 saturated heterocycles. The molecule has 2 rings (SSSR count). The van der Waals surface area contributed by atoms with Gasteiger partial charge < -0.3 is 16.0 Å². The third-order valence-electron chi connectivity index (χ3n) is 3.31. The van der Waals surface area contributed by atoms with E-state index in [2.05, 4.69) is 16.3 Å². The van der Waals surface area contributed by atoms with E-state index in [1.54, 1.807) is 6.08 Å². The molecule has 1 aromatic carbocycles. The highest BCUT2D eigenvalue weighted by atomic mass is 16.1. The maximum absolute atomic E-state index is 11.4. The molecule has 0 bridgehead atoms. The van der Waals surface area contributed by atoms with Crippen LogP contribution in [0.1, 0.15) is 25.3 Å². The quantitative estimate of drug-likeness (QED) is 0.642. The number of hydrogen-bond donors (Lipinski definition) is 2. The van der Waals surface area contributed by atoms with Gasteiger partial charge in [-0.05, 0) is 49.6 Å². The molecule has 1 amide bonds. The van der Waals surface area contributed by atoms with Gasteiger partial charge in [-0.2, -0.15) is 0 Å². The van der Waals surface area contributed by atoms with Gasteiger partial charge >= 0.3 is 0 Å². The Bertz CT molecular complexity index is 476. The fraction of sp³-hybridized carbons (Fsp3) is 0.400. The summed E-state index contributed by atoms with van der Waals surface area (Å²) < 4.78 is 0. The molecule has 0 aliphatic carbocycles. The third-order valence-corrected chi connectivity index (χ3v) is 3.31. The maximum Gasteiger partial charge on any atom is 0.243 e. The highest BCUT2D eigenvalue weighted by Crippen LogP contribution is 2.25. The number of nitrogens with one attached hydrogen (secondary N) is 1.